The molecule has 1 unspecified atom stereocenters. The van der Waals surface area contributed by atoms with Gasteiger partial charge < -0.3 is 14.6 Å². The van der Waals surface area contributed by atoms with E-state index in [2.05, 4.69) is 45.1 Å². The van der Waals surface area contributed by atoms with Crippen molar-refractivity contribution < 1.29 is 24.2 Å². The number of unbranched alkanes of at least 4 members (excludes halogenated alkanes) is 15. The number of esters is 2. The van der Waals surface area contributed by atoms with Crippen molar-refractivity contribution in [2.45, 2.75) is 194 Å². The number of aliphatic hydroxyl groups excluding tert-OH is 1. The Morgan fingerprint density at radius 2 is 1.05 bits per heavy atom. The second-order valence-corrected chi connectivity index (χ2v) is 12.8. The first kappa shape index (κ1) is 42.4. The number of ether oxygens (including phenoxy) is 2. The highest BCUT2D eigenvalue weighted by Crippen LogP contribution is 2.18. The lowest BCUT2D eigenvalue weighted by Gasteiger charge is -2.18. The molecule has 0 spiro atoms. The van der Waals surface area contributed by atoms with Crippen LogP contribution < -0.4 is 0 Å². The number of aliphatic hydroxyl groups is 1. The molecule has 1 atom stereocenters. The molecule has 0 aliphatic rings. The molecule has 0 saturated carbocycles. The van der Waals surface area contributed by atoms with E-state index < -0.39 is 0 Å². The summed E-state index contributed by atoms with van der Waals surface area (Å²) in [6, 6.07) is 0. The fourth-order valence-electron chi connectivity index (χ4n) is 5.40. The maximum absolute atomic E-state index is 12.5. The van der Waals surface area contributed by atoms with Gasteiger partial charge in [0, 0.05) is 25.4 Å². The molecule has 258 valence electrons. The highest BCUT2D eigenvalue weighted by Gasteiger charge is 2.15. The molecule has 44 heavy (non-hydrogen) atoms. The number of rotatable bonds is 33. The number of carbonyl (C=O) groups excluding carboxylic acids is 2. The van der Waals surface area contributed by atoms with E-state index in [-0.39, 0.29) is 37.2 Å². The Morgan fingerprint density at radius 3 is 1.66 bits per heavy atom. The summed E-state index contributed by atoms with van der Waals surface area (Å²) in [5, 5.41) is 9.73. The zero-order chi connectivity index (χ0) is 32.4. The van der Waals surface area contributed by atoms with Crippen molar-refractivity contribution in [3.05, 3.63) is 24.3 Å². The quantitative estimate of drug-likeness (QED) is 0.0449. The van der Waals surface area contributed by atoms with Gasteiger partial charge in [0.2, 0.25) is 0 Å². The highest BCUT2D eigenvalue weighted by atomic mass is 16.5. The average molecular weight is 621 g/mol. The van der Waals surface area contributed by atoms with Crippen LogP contribution >= 0.6 is 0 Å². The first-order valence-corrected chi connectivity index (χ1v) is 18.8. The van der Waals surface area contributed by atoms with Crippen molar-refractivity contribution in [1.29, 1.82) is 0 Å². The smallest absolute Gasteiger partial charge is 0.306 e. The summed E-state index contributed by atoms with van der Waals surface area (Å²) in [6.45, 7) is 6.93. The maximum Gasteiger partial charge on any atom is 0.306 e. The van der Waals surface area contributed by atoms with Crippen molar-refractivity contribution in [2.24, 2.45) is 5.92 Å². The predicted molar refractivity (Wildman–Crippen MR) is 187 cm³/mol. The van der Waals surface area contributed by atoms with Crippen LogP contribution in [0.15, 0.2) is 24.3 Å². The second kappa shape index (κ2) is 34.3. The molecule has 0 saturated heterocycles. The fourth-order valence-corrected chi connectivity index (χ4v) is 5.40. The number of allylic oxidation sites excluding steroid dienone is 4. The molecule has 5 heteroatoms. The van der Waals surface area contributed by atoms with E-state index in [1.807, 2.05) is 0 Å². The Hall–Kier alpha value is -1.62. The molecular formula is C39H72O5. The summed E-state index contributed by atoms with van der Waals surface area (Å²) < 4.78 is 11.3. The standard InChI is InChI=1S/C39H72O5/c1-4-7-10-13-14-15-16-17-18-19-20-21-22-23-26-32-38(41)43-35-36(34-40)29-27-28-33-39(42)44-37(30-24-11-8-5-2)31-25-12-9-6-3/h14-15,17-18,36-37,40H,4-13,16,19-35H2,1-3H3/b15-14-,18-17-. The third kappa shape index (κ3) is 30.4. The Labute approximate surface area is 273 Å². The van der Waals surface area contributed by atoms with Crippen LogP contribution in [0.1, 0.15) is 188 Å². The molecule has 0 rings (SSSR count). The van der Waals surface area contributed by atoms with Gasteiger partial charge in [0.05, 0.1) is 6.61 Å². The summed E-state index contributed by atoms with van der Waals surface area (Å²) in [7, 11) is 0. The SMILES string of the molecule is CCCCC/C=C\C/C=C\CCCCCCCC(=O)OCC(CO)CCCCC(=O)OC(CCCCCC)CCCCCC. The van der Waals surface area contributed by atoms with Crippen molar-refractivity contribution in [3.8, 4) is 0 Å². The highest BCUT2D eigenvalue weighted by molar-refractivity contribution is 5.69. The third-order valence-corrected chi connectivity index (χ3v) is 8.37. The predicted octanol–water partition coefficient (Wildman–Crippen LogP) is 11.4. The van der Waals surface area contributed by atoms with E-state index in [4.69, 9.17) is 9.47 Å². The Morgan fingerprint density at radius 1 is 0.568 bits per heavy atom. The van der Waals surface area contributed by atoms with Gasteiger partial charge in [-0.05, 0) is 77.0 Å². The molecule has 1 N–H and O–H groups in total. The minimum absolute atomic E-state index is 0.000979. The van der Waals surface area contributed by atoms with Crippen LogP contribution in [0.25, 0.3) is 0 Å². The first-order chi connectivity index (χ1) is 21.6. The normalized spacial score (nSPS) is 12.5. The van der Waals surface area contributed by atoms with Crippen LogP contribution in [-0.4, -0.2) is 36.4 Å². The van der Waals surface area contributed by atoms with Gasteiger partial charge in [-0.25, -0.2) is 0 Å². The molecule has 0 aromatic carbocycles. The van der Waals surface area contributed by atoms with Gasteiger partial charge in [0.15, 0.2) is 0 Å². The summed E-state index contributed by atoms with van der Waals surface area (Å²) >= 11 is 0. The molecule has 0 fully saturated rings. The largest absolute Gasteiger partial charge is 0.465 e. The van der Waals surface area contributed by atoms with Crippen LogP contribution in [0, 0.1) is 5.92 Å². The van der Waals surface area contributed by atoms with Gasteiger partial charge in [-0.3, -0.25) is 9.59 Å². The Kier molecular flexibility index (Phi) is 33.0. The molecule has 0 heterocycles. The monoisotopic (exact) mass is 621 g/mol. The van der Waals surface area contributed by atoms with E-state index in [1.165, 1.54) is 77.0 Å². The van der Waals surface area contributed by atoms with Gasteiger partial charge in [-0.1, -0.05) is 122 Å². The summed E-state index contributed by atoms with van der Waals surface area (Å²) in [5.74, 6) is -0.323. The van der Waals surface area contributed by atoms with Gasteiger partial charge in [-0.15, -0.1) is 0 Å². The number of hydrogen-bond acceptors (Lipinski definition) is 5. The Balaban J connectivity index is 3.90. The van der Waals surface area contributed by atoms with E-state index in [9.17, 15) is 14.7 Å². The third-order valence-electron chi connectivity index (χ3n) is 8.37. The lowest BCUT2D eigenvalue weighted by atomic mass is 10.0. The Bertz CT molecular complexity index is 674. The second-order valence-electron chi connectivity index (χ2n) is 12.8. The summed E-state index contributed by atoms with van der Waals surface area (Å²) in [5.41, 5.74) is 0. The molecule has 0 amide bonds. The average Bonchev–Trinajstić information content (AvgIpc) is 3.02. The fraction of sp³-hybridized carbons (Fsp3) is 0.846. The van der Waals surface area contributed by atoms with Crippen molar-refractivity contribution in [2.75, 3.05) is 13.2 Å². The number of hydrogen-bond donors (Lipinski definition) is 1. The van der Waals surface area contributed by atoms with E-state index >= 15 is 0 Å². The molecule has 0 aromatic rings. The molecule has 0 aliphatic carbocycles. The minimum atomic E-state index is -0.165. The van der Waals surface area contributed by atoms with Crippen molar-refractivity contribution in [3.63, 3.8) is 0 Å². The zero-order valence-corrected chi connectivity index (χ0v) is 29.3. The van der Waals surface area contributed by atoms with Gasteiger partial charge in [-0.2, -0.15) is 0 Å². The van der Waals surface area contributed by atoms with Gasteiger partial charge in [0.25, 0.3) is 0 Å². The van der Waals surface area contributed by atoms with Gasteiger partial charge >= 0.3 is 11.9 Å². The topological polar surface area (TPSA) is 72.8 Å². The minimum Gasteiger partial charge on any atom is -0.465 e. The molecule has 0 aromatic heterocycles. The zero-order valence-electron chi connectivity index (χ0n) is 29.3. The summed E-state index contributed by atoms with van der Waals surface area (Å²) in [6.07, 6.45) is 36.7. The molecule has 0 radical (unpaired) electrons. The lowest BCUT2D eigenvalue weighted by Crippen LogP contribution is -2.19. The van der Waals surface area contributed by atoms with E-state index in [0.717, 1.165) is 77.0 Å². The molecule has 5 nitrogen and oxygen atoms in total. The van der Waals surface area contributed by atoms with Crippen molar-refractivity contribution in [1.82, 2.24) is 0 Å². The molecular weight excluding hydrogens is 548 g/mol. The summed E-state index contributed by atoms with van der Waals surface area (Å²) in [4.78, 5) is 24.7. The van der Waals surface area contributed by atoms with Crippen molar-refractivity contribution >= 4 is 11.9 Å². The van der Waals surface area contributed by atoms with E-state index in [0.29, 0.717) is 12.8 Å². The maximum atomic E-state index is 12.5. The first-order valence-electron chi connectivity index (χ1n) is 18.8. The van der Waals surface area contributed by atoms with Crippen LogP contribution in [0.3, 0.4) is 0 Å². The molecule has 0 bridgehead atoms. The lowest BCUT2D eigenvalue weighted by molar-refractivity contribution is -0.150. The van der Waals surface area contributed by atoms with Crippen LogP contribution in [0.5, 0.6) is 0 Å². The number of carbonyl (C=O) groups is 2. The van der Waals surface area contributed by atoms with Crippen LogP contribution in [-0.2, 0) is 19.1 Å². The van der Waals surface area contributed by atoms with Crippen LogP contribution in [0.2, 0.25) is 0 Å². The van der Waals surface area contributed by atoms with E-state index in [1.54, 1.807) is 0 Å². The van der Waals surface area contributed by atoms with Crippen LogP contribution in [0.4, 0.5) is 0 Å². The molecule has 0 aliphatic heterocycles. The van der Waals surface area contributed by atoms with Gasteiger partial charge in [0.1, 0.15) is 6.10 Å².